The third kappa shape index (κ3) is 3.45. The minimum atomic E-state index is -0.206. The molecule has 0 aliphatic heterocycles. The SMILES string of the molecule is CC(=O)Nc1cc(C(=O)Nc2ccccc2)ccc1C. The van der Waals surface area contributed by atoms with Crippen molar-refractivity contribution in [3.05, 3.63) is 59.7 Å². The topological polar surface area (TPSA) is 58.2 Å². The van der Waals surface area contributed by atoms with Crippen molar-refractivity contribution in [1.82, 2.24) is 0 Å². The van der Waals surface area contributed by atoms with Gasteiger partial charge in [0.15, 0.2) is 0 Å². The van der Waals surface area contributed by atoms with Gasteiger partial charge in [0.1, 0.15) is 0 Å². The number of carbonyl (C=O) groups excluding carboxylic acids is 2. The van der Waals surface area contributed by atoms with Gasteiger partial charge in [0.25, 0.3) is 5.91 Å². The highest BCUT2D eigenvalue weighted by Crippen LogP contribution is 2.18. The van der Waals surface area contributed by atoms with Crippen LogP contribution in [0.5, 0.6) is 0 Å². The first kappa shape index (κ1) is 13.8. The van der Waals surface area contributed by atoms with Gasteiger partial charge in [-0.05, 0) is 36.8 Å². The van der Waals surface area contributed by atoms with Crippen molar-refractivity contribution >= 4 is 23.2 Å². The monoisotopic (exact) mass is 268 g/mol. The maximum absolute atomic E-state index is 12.1. The zero-order valence-electron chi connectivity index (χ0n) is 11.4. The standard InChI is InChI=1S/C16H16N2O2/c1-11-8-9-13(10-15(11)17-12(2)19)16(20)18-14-6-4-3-5-7-14/h3-10H,1-2H3,(H,17,19)(H,18,20). The second-order valence-corrected chi connectivity index (χ2v) is 4.53. The molecule has 4 heteroatoms. The van der Waals surface area contributed by atoms with E-state index in [2.05, 4.69) is 10.6 Å². The summed E-state index contributed by atoms with van der Waals surface area (Å²) in [6.45, 7) is 3.32. The number of rotatable bonds is 3. The average Bonchev–Trinajstić information content (AvgIpc) is 2.42. The summed E-state index contributed by atoms with van der Waals surface area (Å²) in [5.74, 6) is -0.364. The number of amides is 2. The molecule has 0 aromatic heterocycles. The molecular formula is C16H16N2O2. The van der Waals surface area contributed by atoms with Crippen molar-refractivity contribution in [3.63, 3.8) is 0 Å². The Balaban J connectivity index is 2.20. The van der Waals surface area contributed by atoms with Gasteiger partial charge in [-0.15, -0.1) is 0 Å². The molecule has 0 aliphatic rings. The van der Waals surface area contributed by atoms with Gasteiger partial charge in [0.2, 0.25) is 5.91 Å². The molecule has 0 saturated carbocycles. The molecule has 0 saturated heterocycles. The largest absolute Gasteiger partial charge is 0.326 e. The van der Waals surface area contributed by atoms with E-state index in [4.69, 9.17) is 0 Å². The van der Waals surface area contributed by atoms with Gasteiger partial charge in [0.05, 0.1) is 0 Å². The number of para-hydroxylation sites is 1. The van der Waals surface area contributed by atoms with E-state index in [0.717, 1.165) is 11.3 Å². The predicted octanol–water partition coefficient (Wildman–Crippen LogP) is 3.21. The fourth-order valence-electron chi connectivity index (χ4n) is 1.81. The van der Waals surface area contributed by atoms with Crippen LogP contribution in [-0.4, -0.2) is 11.8 Å². The summed E-state index contributed by atoms with van der Waals surface area (Å²) in [5.41, 5.74) is 2.80. The smallest absolute Gasteiger partial charge is 0.255 e. The summed E-state index contributed by atoms with van der Waals surface area (Å²) in [6.07, 6.45) is 0. The maximum Gasteiger partial charge on any atom is 0.255 e. The summed E-state index contributed by atoms with van der Waals surface area (Å²) in [6, 6.07) is 14.5. The normalized spacial score (nSPS) is 9.90. The molecule has 2 aromatic rings. The fraction of sp³-hybridized carbons (Fsp3) is 0.125. The van der Waals surface area contributed by atoms with E-state index in [1.54, 1.807) is 12.1 Å². The van der Waals surface area contributed by atoms with Crippen LogP contribution in [0.4, 0.5) is 11.4 Å². The Labute approximate surface area is 117 Å². The lowest BCUT2D eigenvalue weighted by molar-refractivity contribution is -0.114. The second kappa shape index (κ2) is 6.02. The Kier molecular flexibility index (Phi) is 4.15. The van der Waals surface area contributed by atoms with Crippen LogP contribution >= 0.6 is 0 Å². The van der Waals surface area contributed by atoms with Gasteiger partial charge >= 0.3 is 0 Å². The molecule has 2 rings (SSSR count). The maximum atomic E-state index is 12.1. The summed E-state index contributed by atoms with van der Waals surface area (Å²) in [5, 5.41) is 5.52. The number of hydrogen-bond acceptors (Lipinski definition) is 2. The van der Waals surface area contributed by atoms with Gasteiger partial charge in [-0.1, -0.05) is 24.3 Å². The van der Waals surface area contributed by atoms with Crippen LogP contribution in [0.1, 0.15) is 22.8 Å². The molecule has 2 amide bonds. The first-order valence-corrected chi connectivity index (χ1v) is 6.31. The Morgan fingerprint density at radius 3 is 2.30 bits per heavy atom. The lowest BCUT2D eigenvalue weighted by Crippen LogP contribution is -2.13. The van der Waals surface area contributed by atoms with Crippen molar-refractivity contribution in [3.8, 4) is 0 Å². The van der Waals surface area contributed by atoms with E-state index in [1.165, 1.54) is 6.92 Å². The van der Waals surface area contributed by atoms with Crippen molar-refractivity contribution in [2.45, 2.75) is 13.8 Å². The molecule has 102 valence electrons. The van der Waals surface area contributed by atoms with Crippen LogP contribution in [0.3, 0.4) is 0 Å². The number of nitrogens with one attached hydrogen (secondary N) is 2. The molecule has 0 bridgehead atoms. The second-order valence-electron chi connectivity index (χ2n) is 4.53. The highest BCUT2D eigenvalue weighted by Gasteiger charge is 2.09. The van der Waals surface area contributed by atoms with Crippen molar-refractivity contribution < 1.29 is 9.59 Å². The molecule has 0 spiro atoms. The molecule has 0 aliphatic carbocycles. The molecule has 2 aromatic carbocycles. The summed E-state index contributed by atoms with van der Waals surface area (Å²) >= 11 is 0. The van der Waals surface area contributed by atoms with Crippen molar-refractivity contribution in [2.24, 2.45) is 0 Å². The van der Waals surface area contributed by atoms with Crippen molar-refractivity contribution in [1.29, 1.82) is 0 Å². The van der Waals surface area contributed by atoms with Crippen LogP contribution in [0, 0.1) is 6.92 Å². The molecule has 20 heavy (non-hydrogen) atoms. The number of benzene rings is 2. The van der Waals surface area contributed by atoms with Gasteiger partial charge in [-0.25, -0.2) is 0 Å². The molecule has 0 radical (unpaired) electrons. The van der Waals surface area contributed by atoms with E-state index in [9.17, 15) is 9.59 Å². The zero-order valence-corrected chi connectivity index (χ0v) is 11.4. The number of anilines is 2. The van der Waals surface area contributed by atoms with E-state index in [0.29, 0.717) is 11.3 Å². The first-order valence-electron chi connectivity index (χ1n) is 6.31. The summed E-state index contributed by atoms with van der Waals surface area (Å²) in [4.78, 5) is 23.3. The van der Waals surface area contributed by atoms with Gasteiger partial charge in [-0.3, -0.25) is 9.59 Å². The van der Waals surface area contributed by atoms with Crippen LogP contribution in [-0.2, 0) is 4.79 Å². The van der Waals surface area contributed by atoms with E-state index in [1.807, 2.05) is 43.3 Å². The number of aryl methyl sites for hydroxylation is 1. The van der Waals surface area contributed by atoms with E-state index >= 15 is 0 Å². The Morgan fingerprint density at radius 1 is 0.950 bits per heavy atom. The number of hydrogen-bond donors (Lipinski definition) is 2. The third-order valence-electron chi connectivity index (χ3n) is 2.84. The first-order chi connectivity index (χ1) is 9.56. The van der Waals surface area contributed by atoms with Crippen LogP contribution < -0.4 is 10.6 Å². The predicted molar refractivity (Wildman–Crippen MR) is 79.9 cm³/mol. The fourth-order valence-corrected chi connectivity index (χ4v) is 1.81. The molecule has 0 fully saturated rings. The molecule has 0 heterocycles. The summed E-state index contributed by atoms with van der Waals surface area (Å²) < 4.78 is 0. The minimum absolute atomic E-state index is 0.159. The average molecular weight is 268 g/mol. The van der Waals surface area contributed by atoms with E-state index in [-0.39, 0.29) is 11.8 Å². The third-order valence-corrected chi connectivity index (χ3v) is 2.84. The number of carbonyl (C=O) groups is 2. The lowest BCUT2D eigenvalue weighted by atomic mass is 10.1. The zero-order chi connectivity index (χ0) is 14.5. The van der Waals surface area contributed by atoms with Gasteiger partial charge in [-0.2, -0.15) is 0 Å². The van der Waals surface area contributed by atoms with Gasteiger partial charge < -0.3 is 10.6 Å². The molecule has 2 N–H and O–H groups in total. The van der Waals surface area contributed by atoms with Crippen LogP contribution in [0.15, 0.2) is 48.5 Å². The molecule has 4 nitrogen and oxygen atoms in total. The Hall–Kier alpha value is -2.62. The van der Waals surface area contributed by atoms with Crippen molar-refractivity contribution in [2.75, 3.05) is 10.6 Å². The molecule has 0 unspecified atom stereocenters. The molecular weight excluding hydrogens is 252 g/mol. The van der Waals surface area contributed by atoms with Crippen LogP contribution in [0.25, 0.3) is 0 Å². The van der Waals surface area contributed by atoms with E-state index < -0.39 is 0 Å². The quantitative estimate of drug-likeness (QED) is 0.898. The summed E-state index contributed by atoms with van der Waals surface area (Å²) in [7, 11) is 0. The Bertz CT molecular complexity index is 636. The highest BCUT2D eigenvalue weighted by molar-refractivity contribution is 6.05. The highest BCUT2D eigenvalue weighted by atomic mass is 16.2. The van der Waals surface area contributed by atoms with Gasteiger partial charge in [0, 0.05) is 23.9 Å². The van der Waals surface area contributed by atoms with Crippen LogP contribution in [0.2, 0.25) is 0 Å². The Morgan fingerprint density at radius 2 is 1.65 bits per heavy atom. The lowest BCUT2D eigenvalue weighted by Gasteiger charge is -2.10. The molecule has 0 atom stereocenters. The minimum Gasteiger partial charge on any atom is -0.326 e.